The Hall–Kier alpha value is -4.21. The number of carbonyl (C=O) groups is 3. The van der Waals surface area contributed by atoms with Gasteiger partial charge < -0.3 is 9.64 Å². The maximum absolute atomic E-state index is 14.3. The van der Waals surface area contributed by atoms with Crippen LogP contribution >= 0.6 is 23.1 Å². The summed E-state index contributed by atoms with van der Waals surface area (Å²) < 4.78 is 6.37. The lowest BCUT2D eigenvalue weighted by Crippen LogP contribution is -2.74. The van der Waals surface area contributed by atoms with Gasteiger partial charge in [-0.25, -0.2) is 4.98 Å². The molecule has 3 atom stereocenters. The van der Waals surface area contributed by atoms with Gasteiger partial charge in [-0.05, 0) is 36.3 Å². The van der Waals surface area contributed by atoms with E-state index in [0.717, 1.165) is 21.7 Å². The number of fused-ring (bicyclic) bond motifs is 1. The van der Waals surface area contributed by atoms with Gasteiger partial charge in [-0.15, -0.1) is 23.1 Å². The molecule has 0 bridgehead atoms. The number of hydrogen-bond donors (Lipinski definition) is 0. The van der Waals surface area contributed by atoms with Crippen molar-refractivity contribution in [1.29, 1.82) is 0 Å². The Morgan fingerprint density at radius 1 is 1.00 bits per heavy atom. The lowest BCUT2D eigenvalue weighted by Gasteiger charge is -2.56. The second-order valence-electron chi connectivity index (χ2n) is 10.7. The zero-order valence-corrected chi connectivity index (χ0v) is 25.5. The first-order valence-corrected chi connectivity index (χ1v) is 16.0. The number of benzene rings is 3. The zero-order chi connectivity index (χ0) is 30.0. The van der Waals surface area contributed by atoms with Gasteiger partial charge in [0.15, 0.2) is 6.10 Å². The number of β-lactam (4-membered cyclic amide) rings is 1. The maximum Gasteiger partial charge on any atom is 0.319 e. The third-order valence-electron chi connectivity index (χ3n) is 7.90. The number of aromatic nitrogens is 1. The number of hydrogen-bond acceptors (Lipinski definition) is 7. The Morgan fingerprint density at radius 2 is 1.60 bits per heavy atom. The van der Waals surface area contributed by atoms with Crippen LogP contribution in [0.5, 0.6) is 0 Å². The molecule has 218 valence electrons. The predicted octanol–water partition coefficient (Wildman–Crippen LogP) is 6.12. The molecule has 43 heavy (non-hydrogen) atoms. The lowest BCUT2D eigenvalue weighted by atomic mass is 9.85. The SMILES string of the molecule is CC(=O)N(c1ccccc1)C1C(=O)N2CC(C=Cc3scnc3C)(C(=O)OC(c3ccccc3)c3ccccc3)CS[C@H]12. The van der Waals surface area contributed by atoms with Gasteiger partial charge in [0.2, 0.25) is 11.8 Å². The number of amides is 2. The molecule has 0 saturated carbocycles. The molecule has 2 saturated heterocycles. The Bertz CT molecular complexity index is 1600. The molecule has 3 heterocycles. The highest BCUT2D eigenvalue weighted by atomic mass is 32.2. The van der Waals surface area contributed by atoms with Gasteiger partial charge in [0.05, 0.1) is 11.2 Å². The van der Waals surface area contributed by atoms with E-state index in [0.29, 0.717) is 11.4 Å². The number of thioether (sulfide) groups is 1. The summed E-state index contributed by atoms with van der Waals surface area (Å²) >= 11 is 3.00. The first-order valence-electron chi connectivity index (χ1n) is 14.1. The minimum Gasteiger partial charge on any atom is -0.452 e. The van der Waals surface area contributed by atoms with E-state index in [9.17, 15) is 14.4 Å². The van der Waals surface area contributed by atoms with E-state index in [2.05, 4.69) is 4.98 Å². The molecule has 2 fully saturated rings. The normalized spacial score (nSPS) is 21.4. The first kappa shape index (κ1) is 28.9. The summed E-state index contributed by atoms with van der Waals surface area (Å²) in [7, 11) is 0. The Balaban J connectivity index is 1.32. The average molecular weight is 610 g/mol. The van der Waals surface area contributed by atoms with E-state index >= 15 is 0 Å². The topological polar surface area (TPSA) is 79.8 Å². The third-order valence-corrected chi connectivity index (χ3v) is 10.3. The van der Waals surface area contributed by atoms with Crippen molar-refractivity contribution in [2.75, 3.05) is 17.2 Å². The molecule has 7 nitrogen and oxygen atoms in total. The molecule has 6 rings (SSSR count). The number of thiazole rings is 1. The molecule has 2 unspecified atom stereocenters. The number of ether oxygens (including phenoxy) is 1. The molecule has 0 N–H and O–H groups in total. The molecule has 9 heteroatoms. The Morgan fingerprint density at radius 3 is 2.16 bits per heavy atom. The second kappa shape index (κ2) is 12.2. The van der Waals surface area contributed by atoms with Crippen LogP contribution in [0.4, 0.5) is 5.69 Å². The summed E-state index contributed by atoms with van der Waals surface area (Å²) in [6.45, 7) is 3.56. The van der Waals surface area contributed by atoms with Crippen LogP contribution in [-0.2, 0) is 19.1 Å². The van der Waals surface area contributed by atoms with E-state index < -0.39 is 23.5 Å². The summed E-state index contributed by atoms with van der Waals surface area (Å²) in [5.41, 5.74) is 3.95. The van der Waals surface area contributed by atoms with Gasteiger partial charge in [-0.3, -0.25) is 19.3 Å². The van der Waals surface area contributed by atoms with E-state index in [1.165, 1.54) is 30.0 Å². The van der Waals surface area contributed by atoms with Crippen molar-refractivity contribution in [3.8, 4) is 0 Å². The highest BCUT2D eigenvalue weighted by Crippen LogP contribution is 2.47. The van der Waals surface area contributed by atoms with E-state index in [1.807, 2.05) is 110 Å². The van der Waals surface area contributed by atoms with E-state index in [-0.39, 0.29) is 23.7 Å². The first-order chi connectivity index (χ1) is 20.9. The van der Waals surface area contributed by atoms with Gasteiger partial charge >= 0.3 is 5.97 Å². The molecule has 4 aromatic rings. The van der Waals surface area contributed by atoms with Crippen LogP contribution in [0, 0.1) is 12.3 Å². The van der Waals surface area contributed by atoms with Crippen LogP contribution in [0.3, 0.4) is 0 Å². The summed E-state index contributed by atoms with van der Waals surface area (Å²) in [5, 5.41) is -0.268. The fraction of sp³-hybridized carbons (Fsp3) is 0.235. The molecular formula is C34H31N3O4S2. The predicted molar refractivity (Wildman–Crippen MR) is 170 cm³/mol. The van der Waals surface area contributed by atoms with Crippen LogP contribution < -0.4 is 4.90 Å². The van der Waals surface area contributed by atoms with Crippen molar-refractivity contribution < 1.29 is 19.1 Å². The van der Waals surface area contributed by atoms with Crippen molar-refractivity contribution in [3.05, 3.63) is 124 Å². The molecule has 2 aliphatic rings. The quantitative estimate of drug-likeness (QED) is 0.177. The van der Waals surface area contributed by atoms with Crippen molar-refractivity contribution >= 4 is 52.6 Å². The maximum atomic E-state index is 14.3. The molecule has 0 spiro atoms. The van der Waals surface area contributed by atoms with Gasteiger partial charge in [-0.2, -0.15) is 0 Å². The number of esters is 1. The van der Waals surface area contributed by atoms with Crippen LogP contribution in [0.15, 0.2) is 103 Å². The minimum atomic E-state index is -1.10. The fourth-order valence-corrected chi connectivity index (χ4v) is 7.86. The van der Waals surface area contributed by atoms with Crippen molar-refractivity contribution in [2.24, 2.45) is 5.41 Å². The molecule has 1 aromatic heterocycles. The number of aryl methyl sites for hydroxylation is 1. The van der Waals surface area contributed by atoms with Gasteiger partial charge in [0.1, 0.15) is 16.8 Å². The van der Waals surface area contributed by atoms with Gasteiger partial charge in [0, 0.05) is 29.8 Å². The fourth-order valence-electron chi connectivity index (χ4n) is 5.61. The summed E-state index contributed by atoms with van der Waals surface area (Å²) in [5.74, 6) is -0.395. The van der Waals surface area contributed by atoms with Crippen LogP contribution in [0.2, 0.25) is 0 Å². The summed E-state index contributed by atoms with van der Waals surface area (Å²) in [6, 6.07) is 28.0. The molecule has 3 aromatic carbocycles. The second-order valence-corrected chi connectivity index (χ2v) is 12.7. The number of rotatable bonds is 8. The van der Waals surface area contributed by atoms with Crippen molar-refractivity contribution in [3.63, 3.8) is 0 Å². The number of anilines is 1. The monoisotopic (exact) mass is 609 g/mol. The van der Waals surface area contributed by atoms with E-state index in [1.54, 1.807) is 15.3 Å². The highest BCUT2D eigenvalue weighted by Gasteiger charge is 2.59. The Kier molecular flexibility index (Phi) is 8.19. The van der Waals surface area contributed by atoms with E-state index in [4.69, 9.17) is 4.74 Å². The summed E-state index contributed by atoms with van der Waals surface area (Å²) in [6.07, 6.45) is 3.19. The number of para-hydroxylation sites is 1. The molecular weight excluding hydrogens is 579 g/mol. The molecule has 0 aliphatic carbocycles. The number of nitrogens with zero attached hydrogens (tertiary/aromatic N) is 3. The highest BCUT2D eigenvalue weighted by molar-refractivity contribution is 8.00. The third kappa shape index (κ3) is 5.62. The van der Waals surface area contributed by atoms with Crippen molar-refractivity contribution in [1.82, 2.24) is 9.88 Å². The molecule has 2 aliphatic heterocycles. The average Bonchev–Trinajstić information content (AvgIpc) is 3.46. The smallest absolute Gasteiger partial charge is 0.319 e. The van der Waals surface area contributed by atoms with Crippen LogP contribution in [0.1, 0.15) is 34.7 Å². The lowest BCUT2D eigenvalue weighted by molar-refractivity contribution is -0.161. The van der Waals surface area contributed by atoms with Gasteiger partial charge in [0.25, 0.3) is 0 Å². The Labute approximate surface area is 259 Å². The zero-order valence-electron chi connectivity index (χ0n) is 23.8. The van der Waals surface area contributed by atoms with Crippen LogP contribution in [0.25, 0.3) is 6.08 Å². The molecule has 2 amide bonds. The molecule has 0 radical (unpaired) electrons. The minimum absolute atomic E-state index is 0.157. The van der Waals surface area contributed by atoms with Gasteiger partial charge in [-0.1, -0.05) is 84.9 Å². The van der Waals surface area contributed by atoms with Crippen molar-refractivity contribution in [2.45, 2.75) is 31.4 Å². The standard InChI is InChI=1S/C34H31N3O4S2/c1-23-28(43-22-35-23)18-19-34(33(40)41-30(25-12-6-3-7-13-25)26-14-8-4-9-15-26)20-36-31(39)29(32(36)42-21-34)37(24(2)38)27-16-10-5-11-17-27/h3-19,22,29-30,32H,20-21H2,1-2H3/t29?,32-,34?/m1/s1. The number of carbonyl (C=O) groups excluding carboxylic acids is 3. The largest absolute Gasteiger partial charge is 0.452 e. The summed E-state index contributed by atoms with van der Waals surface area (Å²) in [4.78, 5) is 49.4. The van der Waals surface area contributed by atoms with Crippen LogP contribution in [-0.4, -0.2) is 51.4 Å².